The summed E-state index contributed by atoms with van der Waals surface area (Å²) in [6.07, 6.45) is 3.93. The molecule has 0 atom stereocenters. The lowest BCUT2D eigenvalue weighted by atomic mass is 10.1. The van der Waals surface area contributed by atoms with E-state index in [1.807, 2.05) is 6.07 Å². The molecule has 2 aromatic carbocycles. The van der Waals surface area contributed by atoms with Gasteiger partial charge in [-0.15, -0.1) is 0 Å². The molecule has 0 spiro atoms. The van der Waals surface area contributed by atoms with Crippen LogP contribution >= 0.6 is 0 Å². The van der Waals surface area contributed by atoms with Crippen LogP contribution in [0.25, 0.3) is 0 Å². The van der Waals surface area contributed by atoms with Gasteiger partial charge in [-0.1, -0.05) is 6.07 Å². The number of rotatable bonds is 6. The maximum atomic E-state index is 12.7. The number of ether oxygens (including phenoxy) is 1. The molecule has 1 aliphatic carbocycles. The van der Waals surface area contributed by atoms with E-state index in [4.69, 9.17) is 4.74 Å². The zero-order valence-electron chi connectivity index (χ0n) is 14.4. The molecule has 0 bridgehead atoms. The van der Waals surface area contributed by atoms with Crippen LogP contribution in [-0.2, 0) is 32.9 Å². The molecule has 0 aromatic heterocycles. The Hall–Kier alpha value is -2.26. The molecule has 2 aromatic rings. The van der Waals surface area contributed by atoms with Crippen molar-refractivity contribution in [1.82, 2.24) is 0 Å². The fourth-order valence-corrected chi connectivity index (χ4v) is 4.64. The van der Waals surface area contributed by atoms with Crippen molar-refractivity contribution in [3.05, 3.63) is 47.5 Å². The van der Waals surface area contributed by atoms with Crippen LogP contribution in [0.3, 0.4) is 0 Å². The summed E-state index contributed by atoms with van der Waals surface area (Å²) < 4.78 is 58.0. The molecule has 9 heteroatoms. The minimum atomic E-state index is -3.75. The molecular formula is C17H20N2O5S2. The summed E-state index contributed by atoms with van der Waals surface area (Å²) >= 11 is 0. The van der Waals surface area contributed by atoms with Crippen molar-refractivity contribution in [2.45, 2.75) is 24.2 Å². The van der Waals surface area contributed by atoms with Crippen molar-refractivity contribution in [1.29, 1.82) is 0 Å². The van der Waals surface area contributed by atoms with Crippen LogP contribution in [-0.4, -0.2) is 30.2 Å². The number of anilines is 2. The number of aryl methyl sites for hydroxylation is 2. The van der Waals surface area contributed by atoms with Crippen molar-refractivity contribution in [3.63, 3.8) is 0 Å². The van der Waals surface area contributed by atoms with Crippen molar-refractivity contribution in [2.75, 3.05) is 22.8 Å². The molecule has 2 N–H and O–H groups in total. The second-order valence-electron chi connectivity index (χ2n) is 6.18. The summed E-state index contributed by atoms with van der Waals surface area (Å²) in [5, 5.41) is 0. The lowest BCUT2D eigenvalue weighted by molar-refractivity contribution is 0.417. The third kappa shape index (κ3) is 4.10. The number of benzene rings is 2. The molecule has 140 valence electrons. The number of hydrogen-bond acceptors (Lipinski definition) is 5. The van der Waals surface area contributed by atoms with E-state index in [2.05, 4.69) is 9.44 Å². The second kappa shape index (κ2) is 6.81. The Balaban J connectivity index is 1.88. The Morgan fingerprint density at radius 1 is 0.923 bits per heavy atom. The summed E-state index contributed by atoms with van der Waals surface area (Å²) in [6, 6.07) is 9.52. The van der Waals surface area contributed by atoms with Gasteiger partial charge in [0.1, 0.15) is 5.75 Å². The third-order valence-electron chi connectivity index (χ3n) is 4.13. The van der Waals surface area contributed by atoms with Crippen molar-refractivity contribution >= 4 is 31.4 Å². The molecule has 0 radical (unpaired) electrons. The van der Waals surface area contributed by atoms with Gasteiger partial charge >= 0.3 is 0 Å². The quantitative estimate of drug-likeness (QED) is 0.780. The molecule has 0 aliphatic heterocycles. The van der Waals surface area contributed by atoms with Gasteiger partial charge in [-0.2, -0.15) is 0 Å². The summed E-state index contributed by atoms with van der Waals surface area (Å²) in [5.74, 6) is 0.213. The third-order valence-corrected chi connectivity index (χ3v) is 6.10. The van der Waals surface area contributed by atoms with Gasteiger partial charge in [0.2, 0.25) is 10.0 Å². The van der Waals surface area contributed by atoms with Gasteiger partial charge in [0.25, 0.3) is 10.0 Å². The Kier molecular flexibility index (Phi) is 4.85. The number of hydrogen-bond donors (Lipinski definition) is 2. The van der Waals surface area contributed by atoms with Gasteiger partial charge in [0.05, 0.1) is 29.6 Å². The van der Waals surface area contributed by atoms with Gasteiger partial charge in [-0.25, -0.2) is 16.8 Å². The largest absolute Gasteiger partial charge is 0.494 e. The first-order valence-corrected chi connectivity index (χ1v) is 11.4. The maximum Gasteiger partial charge on any atom is 0.261 e. The van der Waals surface area contributed by atoms with Crippen molar-refractivity contribution in [2.24, 2.45) is 0 Å². The molecule has 0 saturated heterocycles. The Morgan fingerprint density at radius 3 is 2.35 bits per heavy atom. The zero-order chi connectivity index (χ0) is 18.9. The van der Waals surface area contributed by atoms with Crippen LogP contribution in [0.1, 0.15) is 17.5 Å². The van der Waals surface area contributed by atoms with E-state index in [-0.39, 0.29) is 22.0 Å². The highest BCUT2D eigenvalue weighted by Crippen LogP contribution is 2.30. The van der Waals surface area contributed by atoms with Gasteiger partial charge in [-0.3, -0.25) is 9.44 Å². The van der Waals surface area contributed by atoms with E-state index in [9.17, 15) is 16.8 Å². The monoisotopic (exact) mass is 396 g/mol. The number of sulfonamides is 2. The van der Waals surface area contributed by atoms with Crippen LogP contribution in [0.5, 0.6) is 5.75 Å². The second-order valence-corrected chi connectivity index (χ2v) is 9.61. The Morgan fingerprint density at radius 2 is 1.65 bits per heavy atom. The molecule has 0 heterocycles. The molecule has 0 fully saturated rings. The zero-order valence-corrected chi connectivity index (χ0v) is 16.1. The van der Waals surface area contributed by atoms with Gasteiger partial charge in [0.15, 0.2) is 0 Å². The van der Waals surface area contributed by atoms with E-state index in [1.165, 1.54) is 30.9 Å². The van der Waals surface area contributed by atoms with Crippen LogP contribution in [0.2, 0.25) is 0 Å². The van der Waals surface area contributed by atoms with E-state index < -0.39 is 20.0 Å². The fraction of sp³-hybridized carbons (Fsp3) is 0.294. The number of nitrogens with one attached hydrogen (secondary N) is 2. The van der Waals surface area contributed by atoms with Gasteiger partial charge < -0.3 is 4.74 Å². The summed E-state index contributed by atoms with van der Waals surface area (Å²) in [6.45, 7) is 0. The average Bonchev–Trinajstić information content (AvgIpc) is 3.02. The molecule has 1 aliphatic rings. The minimum absolute atomic E-state index is 0.204. The first-order chi connectivity index (χ1) is 12.2. The fourth-order valence-electron chi connectivity index (χ4n) is 2.97. The summed E-state index contributed by atoms with van der Waals surface area (Å²) in [7, 11) is -5.85. The van der Waals surface area contributed by atoms with Crippen LogP contribution in [0.15, 0.2) is 41.3 Å². The molecule has 0 amide bonds. The number of fused-ring (bicyclic) bond motifs is 1. The molecular weight excluding hydrogens is 376 g/mol. The normalized spacial score (nSPS) is 13.9. The van der Waals surface area contributed by atoms with E-state index in [1.54, 1.807) is 12.1 Å². The van der Waals surface area contributed by atoms with Crippen molar-refractivity contribution in [3.8, 4) is 5.75 Å². The van der Waals surface area contributed by atoms with E-state index >= 15 is 0 Å². The minimum Gasteiger partial charge on any atom is -0.494 e. The predicted molar refractivity (Wildman–Crippen MR) is 101 cm³/mol. The maximum absolute atomic E-state index is 12.7. The lowest BCUT2D eigenvalue weighted by Crippen LogP contribution is -2.14. The highest BCUT2D eigenvalue weighted by atomic mass is 32.2. The topological polar surface area (TPSA) is 102 Å². The molecule has 7 nitrogen and oxygen atoms in total. The van der Waals surface area contributed by atoms with Crippen LogP contribution in [0.4, 0.5) is 11.4 Å². The highest BCUT2D eigenvalue weighted by Gasteiger charge is 2.19. The molecule has 0 saturated carbocycles. The summed E-state index contributed by atoms with van der Waals surface area (Å²) in [5.41, 5.74) is 2.77. The Bertz CT molecular complexity index is 1050. The SMILES string of the molecule is COc1cc(NS(=O)(=O)c2ccc3c(c2)CCC3)ccc1NS(C)(=O)=O. The van der Waals surface area contributed by atoms with E-state index in [0.29, 0.717) is 0 Å². The van der Waals surface area contributed by atoms with Crippen LogP contribution in [0, 0.1) is 0 Å². The number of methoxy groups -OCH3 is 1. The van der Waals surface area contributed by atoms with Gasteiger partial charge in [0, 0.05) is 6.07 Å². The summed E-state index contributed by atoms with van der Waals surface area (Å²) in [4.78, 5) is 0.204. The standard InChI is InChI=1S/C17H20N2O5S2/c1-24-17-11-14(7-9-16(17)19-25(2,20)21)18-26(22,23)15-8-6-12-4-3-5-13(12)10-15/h6-11,18-19H,3-5H2,1-2H3. The predicted octanol–water partition coefficient (Wildman–Crippen LogP) is 2.36. The van der Waals surface area contributed by atoms with Crippen LogP contribution < -0.4 is 14.2 Å². The van der Waals surface area contributed by atoms with E-state index in [0.717, 1.165) is 31.1 Å². The Labute approximate surface area is 153 Å². The lowest BCUT2D eigenvalue weighted by Gasteiger charge is -2.13. The smallest absolute Gasteiger partial charge is 0.261 e. The molecule has 26 heavy (non-hydrogen) atoms. The van der Waals surface area contributed by atoms with Crippen molar-refractivity contribution < 1.29 is 21.6 Å². The first kappa shape index (κ1) is 18.5. The highest BCUT2D eigenvalue weighted by molar-refractivity contribution is 7.92. The molecule has 0 unspecified atom stereocenters. The average molecular weight is 396 g/mol. The first-order valence-electron chi connectivity index (χ1n) is 7.98. The van der Waals surface area contributed by atoms with Gasteiger partial charge in [-0.05, 0) is 54.7 Å². The molecule has 3 rings (SSSR count).